The summed E-state index contributed by atoms with van der Waals surface area (Å²) >= 11 is 0. The molecule has 0 spiro atoms. The first-order chi connectivity index (χ1) is 35.2. The normalized spacial score (nSPS) is 13.6. The molecule has 9 aromatic rings. The fourth-order valence-electron chi connectivity index (χ4n) is 11.0. The van der Waals surface area contributed by atoms with Crippen molar-refractivity contribution in [2.45, 2.75) is 143 Å². The van der Waals surface area contributed by atoms with E-state index in [1.165, 1.54) is 33.4 Å². The molecule has 0 fully saturated rings. The third-order valence-corrected chi connectivity index (χ3v) is 15.7. The quantitative estimate of drug-likeness (QED) is 0.135. The minimum Gasteiger partial charge on any atom is -0.509 e. The summed E-state index contributed by atoms with van der Waals surface area (Å²) in [5.74, 6) is 2.08. The van der Waals surface area contributed by atoms with E-state index in [0.717, 1.165) is 61.5 Å². The first-order valence-corrected chi connectivity index (χ1v) is 26.8. The number of hydrogen-bond donors (Lipinski definition) is 0. The van der Waals surface area contributed by atoms with Gasteiger partial charge in [-0.15, -0.1) is 53.8 Å². The van der Waals surface area contributed by atoms with Crippen molar-refractivity contribution in [1.29, 1.82) is 0 Å². The van der Waals surface area contributed by atoms with Crippen molar-refractivity contribution in [3.63, 3.8) is 0 Å². The van der Waals surface area contributed by atoms with Crippen molar-refractivity contribution in [3.8, 4) is 17.3 Å². The molecule has 0 N–H and O–H groups in total. The van der Waals surface area contributed by atoms with E-state index in [1.54, 1.807) is 0 Å². The van der Waals surface area contributed by atoms with Crippen LogP contribution in [0.2, 0.25) is 0 Å². The molecule has 6 heteroatoms. The van der Waals surface area contributed by atoms with Crippen LogP contribution < -0.4 is 14.5 Å². The summed E-state index contributed by atoms with van der Waals surface area (Å²) in [6.45, 7) is 39.1. The molecule has 0 amide bonds. The molecule has 0 saturated heterocycles. The van der Waals surface area contributed by atoms with Crippen molar-refractivity contribution < 1.29 is 25.8 Å². The summed E-state index contributed by atoms with van der Waals surface area (Å²) in [7, 11) is 0. The Morgan fingerprint density at radius 3 is 1.61 bits per heavy atom. The van der Waals surface area contributed by atoms with Gasteiger partial charge in [-0.05, 0) is 108 Å². The van der Waals surface area contributed by atoms with Crippen LogP contribution in [0.3, 0.4) is 0 Å². The van der Waals surface area contributed by atoms with Gasteiger partial charge in [0.2, 0.25) is 0 Å². The summed E-state index contributed by atoms with van der Waals surface area (Å²) in [5, 5.41) is 2.28. The van der Waals surface area contributed by atoms with Crippen LogP contribution in [0.1, 0.15) is 155 Å². The van der Waals surface area contributed by atoms with Crippen LogP contribution in [-0.2, 0) is 53.6 Å². The molecule has 394 valence electrons. The summed E-state index contributed by atoms with van der Waals surface area (Å²) in [5.41, 5.74) is 14.9. The molecule has 76 heavy (non-hydrogen) atoms. The smallest absolute Gasteiger partial charge is 0.135 e. The van der Waals surface area contributed by atoms with Crippen LogP contribution >= 0.6 is 0 Å². The number of hydrogen-bond acceptors (Lipinski definition) is 4. The number of nitrogens with zero attached hydrogens (tertiary/aromatic N) is 4. The topological polar surface area (TPSA) is 33.5 Å². The maximum atomic E-state index is 7.30. The minimum absolute atomic E-state index is 0. The Labute approximate surface area is 468 Å². The zero-order chi connectivity index (χ0) is 53.6. The largest absolute Gasteiger partial charge is 0.509 e. The predicted molar refractivity (Wildman–Crippen MR) is 316 cm³/mol. The van der Waals surface area contributed by atoms with Crippen LogP contribution in [0.5, 0.6) is 11.5 Å². The van der Waals surface area contributed by atoms with Crippen LogP contribution in [0.15, 0.2) is 158 Å². The van der Waals surface area contributed by atoms with E-state index < -0.39 is 5.41 Å². The standard InChI is InChI=1S/C70H75N4O.Pt/c1-65(2,3)48-34-35-71-63(39-48)74-59-33-24-23-32-55(59)64-58(70(15,16)47-28-21-18-22-29-47)41-54(42-62(64)74)75-53-38-50(66(4,5)6)37-52(40-53)73-45-72(60-43-56(67(7,8)9)57(44-61(60)73)68(10,11)12)51-31-25-30-49(36-51)69(13,14)46-26-19-17-20-27-46;/h17-39,41,43-45H,1-16H3;/q-3;. The number of para-hydroxylation sites is 1. The molecule has 2 aromatic heterocycles. The maximum absolute atomic E-state index is 7.30. The number of pyridine rings is 1. The molecule has 3 heterocycles. The fraction of sp³-hybridized carbons (Fsp3) is 0.314. The van der Waals surface area contributed by atoms with Gasteiger partial charge in [0.05, 0.1) is 0 Å². The number of anilines is 4. The van der Waals surface area contributed by atoms with Gasteiger partial charge >= 0.3 is 0 Å². The first-order valence-electron chi connectivity index (χ1n) is 26.8. The van der Waals surface area contributed by atoms with Gasteiger partial charge < -0.3 is 19.1 Å². The second-order valence-electron chi connectivity index (χ2n) is 26.0. The molecule has 5 nitrogen and oxygen atoms in total. The molecular formula is C70H75N4OPt-3. The molecule has 0 radical (unpaired) electrons. The molecule has 0 bridgehead atoms. The summed E-state index contributed by atoms with van der Waals surface area (Å²) < 4.78 is 9.57. The zero-order valence-corrected chi connectivity index (χ0v) is 49.9. The SMILES string of the molecule is CC(C)(C)c1cc(Oc2[c-]c3c(c(C(C)(C)c4ccccc4)c2)c2ccccc2n3-c2cc(C(C)(C)C)ccn2)[c-]c(N2[CH-]N(c3cccc(C(C)(C)c4ccccc4)c3)c3cc(C(C)(C)C)c(C(C)(C)C)cc32)c1.[Pt]. The Hall–Kier alpha value is -6.42. The Morgan fingerprint density at radius 1 is 0.447 bits per heavy atom. The van der Waals surface area contributed by atoms with E-state index in [1.807, 2.05) is 6.20 Å². The second-order valence-corrected chi connectivity index (χ2v) is 26.0. The van der Waals surface area contributed by atoms with Crippen molar-refractivity contribution in [2.75, 3.05) is 9.80 Å². The van der Waals surface area contributed by atoms with Crippen molar-refractivity contribution in [1.82, 2.24) is 9.55 Å². The molecule has 0 saturated carbocycles. The number of ether oxygens (including phenoxy) is 1. The Balaban J connectivity index is 0.00000706. The molecule has 10 rings (SSSR count). The summed E-state index contributed by atoms with van der Waals surface area (Å²) in [6.07, 6.45) is 1.94. The van der Waals surface area contributed by atoms with E-state index >= 15 is 0 Å². The number of fused-ring (bicyclic) bond motifs is 4. The minimum atomic E-state index is -0.424. The Morgan fingerprint density at radius 2 is 1.00 bits per heavy atom. The van der Waals surface area contributed by atoms with E-state index in [0.29, 0.717) is 11.5 Å². The summed E-state index contributed by atoms with van der Waals surface area (Å²) in [6, 6.07) is 63.0. The van der Waals surface area contributed by atoms with Gasteiger partial charge in [-0.25, -0.2) is 4.98 Å². The van der Waals surface area contributed by atoms with Crippen LogP contribution in [0.4, 0.5) is 22.7 Å². The van der Waals surface area contributed by atoms with E-state index in [4.69, 9.17) is 9.72 Å². The second kappa shape index (κ2) is 19.5. The van der Waals surface area contributed by atoms with Crippen molar-refractivity contribution in [3.05, 3.63) is 221 Å². The van der Waals surface area contributed by atoms with Gasteiger partial charge in [0.25, 0.3) is 0 Å². The average Bonchev–Trinajstić information content (AvgIpc) is 4.02. The van der Waals surface area contributed by atoms with E-state index in [9.17, 15) is 0 Å². The molecule has 7 aromatic carbocycles. The van der Waals surface area contributed by atoms with Gasteiger partial charge in [0.15, 0.2) is 0 Å². The van der Waals surface area contributed by atoms with Gasteiger partial charge in [0.1, 0.15) is 5.82 Å². The maximum Gasteiger partial charge on any atom is 0.135 e. The molecule has 0 unspecified atom stereocenters. The third kappa shape index (κ3) is 10.1. The van der Waals surface area contributed by atoms with E-state index in [-0.39, 0.29) is 48.1 Å². The molecule has 0 aliphatic carbocycles. The monoisotopic (exact) mass is 1180 g/mol. The number of benzene rings is 7. The Bertz CT molecular complexity index is 3600. The molecule has 1 aliphatic rings. The van der Waals surface area contributed by atoms with Crippen LogP contribution in [0.25, 0.3) is 27.6 Å². The van der Waals surface area contributed by atoms with Gasteiger partial charge in [-0.2, -0.15) is 0 Å². The Kier molecular flexibility index (Phi) is 14.0. The van der Waals surface area contributed by atoms with E-state index in [2.05, 4.69) is 296 Å². The predicted octanol–water partition coefficient (Wildman–Crippen LogP) is 18.8. The molecular weight excluding hydrogens is 1110 g/mol. The number of rotatable bonds is 9. The van der Waals surface area contributed by atoms with Crippen molar-refractivity contribution >= 4 is 44.6 Å². The van der Waals surface area contributed by atoms with Gasteiger partial charge in [-0.1, -0.05) is 213 Å². The fourth-order valence-corrected chi connectivity index (χ4v) is 11.0. The molecule has 0 atom stereocenters. The number of aromatic nitrogens is 2. The zero-order valence-electron chi connectivity index (χ0n) is 47.6. The summed E-state index contributed by atoms with van der Waals surface area (Å²) in [4.78, 5) is 9.76. The molecule has 1 aliphatic heterocycles. The van der Waals surface area contributed by atoms with Crippen LogP contribution in [0, 0.1) is 18.8 Å². The van der Waals surface area contributed by atoms with Gasteiger partial charge in [-0.3, -0.25) is 0 Å². The van der Waals surface area contributed by atoms with Gasteiger partial charge in [0, 0.05) is 66.8 Å². The van der Waals surface area contributed by atoms with Crippen LogP contribution in [-0.4, -0.2) is 9.55 Å². The first kappa shape index (κ1) is 54.4. The average molecular weight is 1180 g/mol. The third-order valence-electron chi connectivity index (χ3n) is 15.7. The van der Waals surface area contributed by atoms with Crippen molar-refractivity contribution in [2.24, 2.45) is 0 Å².